The number of rotatable bonds is 0. The Hall–Kier alpha value is -0.790. The fourth-order valence-corrected chi connectivity index (χ4v) is 0.243. The van der Waals surface area contributed by atoms with Crippen LogP contribution >= 0.6 is 0 Å². The third-order valence-electron chi connectivity index (χ3n) is 0.510. The monoisotopic (exact) mass is 82.0 g/mol. The van der Waals surface area contributed by atoms with E-state index in [0.717, 1.165) is 5.69 Å². The molecular weight excluding hydrogens is 78.0 g/mol. The number of hydrogen-bond acceptors (Lipinski definition) is 2. The lowest BCUT2D eigenvalue weighted by molar-refractivity contribution is 0.415. The Morgan fingerprint density at radius 3 is 3.00 bits per heavy atom. The van der Waals surface area contributed by atoms with E-state index in [9.17, 15) is 0 Å². The highest BCUT2D eigenvalue weighted by Crippen LogP contribution is 1.84. The van der Waals surface area contributed by atoms with Crippen LogP contribution in [-0.4, -0.2) is 5.16 Å². The Bertz CT molecular complexity index is 111. The normalized spacial score (nSPS) is 8.83. The van der Waals surface area contributed by atoms with Crippen LogP contribution in [0.15, 0.2) is 10.8 Å². The molecule has 0 saturated carbocycles. The predicted octanol–water partition coefficient (Wildman–Crippen LogP) is 0.783. The first-order valence-electron chi connectivity index (χ1n) is 1.68. The van der Waals surface area contributed by atoms with Crippen molar-refractivity contribution in [1.29, 1.82) is 0 Å². The van der Waals surface area contributed by atoms with Gasteiger partial charge in [-0.05, 0) is 6.92 Å². The van der Waals surface area contributed by atoms with E-state index in [2.05, 4.69) is 15.7 Å². The van der Waals surface area contributed by atoms with Crippen LogP contribution in [0.1, 0.15) is 5.69 Å². The quantitative estimate of drug-likeness (QED) is 0.462. The van der Waals surface area contributed by atoms with Crippen molar-refractivity contribution in [2.24, 2.45) is 0 Å². The van der Waals surface area contributed by atoms with Gasteiger partial charge in [-0.25, -0.2) is 0 Å². The molecule has 0 aliphatic rings. The van der Waals surface area contributed by atoms with Crippen molar-refractivity contribution in [3.63, 3.8) is 0 Å². The van der Waals surface area contributed by atoms with Crippen LogP contribution < -0.4 is 0 Å². The maximum Gasteiger partial charge on any atom is 0.132 e. The van der Waals surface area contributed by atoms with Crippen molar-refractivity contribution in [2.45, 2.75) is 6.92 Å². The Morgan fingerprint density at radius 2 is 2.83 bits per heavy atom. The number of aryl methyl sites for hydroxylation is 1. The molecule has 1 aromatic heterocycles. The predicted molar refractivity (Wildman–Crippen MR) is 20.1 cm³/mol. The van der Waals surface area contributed by atoms with E-state index in [1.807, 2.05) is 6.92 Å². The lowest BCUT2D eigenvalue weighted by Gasteiger charge is -1.61. The van der Waals surface area contributed by atoms with Crippen molar-refractivity contribution in [3.05, 3.63) is 18.0 Å². The third kappa shape index (κ3) is 0.407. The highest BCUT2D eigenvalue weighted by Gasteiger charge is 1.79. The molecule has 0 aliphatic heterocycles. The summed E-state index contributed by atoms with van der Waals surface area (Å²) in [4.78, 5) is 0. The third-order valence-corrected chi connectivity index (χ3v) is 0.510. The Balaban J connectivity index is 3.05. The summed E-state index contributed by atoms with van der Waals surface area (Å²) in [6.07, 6.45) is 1.43. The second-order valence-corrected chi connectivity index (χ2v) is 1.04. The zero-order valence-electron chi connectivity index (χ0n) is 3.43. The molecule has 0 bridgehead atoms. The molecule has 1 heterocycles. The van der Waals surface area contributed by atoms with Crippen LogP contribution in [0.25, 0.3) is 0 Å². The van der Waals surface area contributed by atoms with E-state index in [0.29, 0.717) is 0 Å². The van der Waals surface area contributed by atoms with Gasteiger partial charge >= 0.3 is 0 Å². The highest BCUT2D eigenvalue weighted by molar-refractivity contribution is 4.86. The number of hydrogen-bond donors (Lipinski definition) is 0. The molecule has 6 heavy (non-hydrogen) atoms. The van der Waals surface area contributed by atoms with E-state index in [-0.39, 0.29) is 0 Å². The molecule has 31 valence electrons. The lowest BCUT2D eigenvalue weighted by Crippen LogP contribution is -1.60. The molecule has 0 fully saturated rings. The van der Waals surface area contributed by atoms with Gasteiger partial charge in [0.1, 0.15) is 6.26 Å². The van der Waals surface area contributed by atoms with Crippen LogP contribution in [0.2, 0.25) is 0 Å². The van der Waals surface area contributed by atoms with Gasteiger partial charge in [-0.2, -0.15) is 0 Å². The van der Waals surface area contributed by atoms with Crippen LogP contribution in [0.4, 0.5) is 0 Å². The van der Waals surface area contributed by atoms with E-state index in [4.69, 9.17) is 0 Å². The standard InChI is InChI=1S/C4H4NO/c1-4-2-3-6-5-4/h3H,1H3. The summed E-state index contributed by atoms with van der Waals surface area (Å²) in [5, 5.41) is 3.49. The molecule has 0 atom stereocenters. The summed E-state index contributed by atoms with van der Waals surface area (Å²) in [7, 11) is 0. The van der Waals surface area contributed by atoms with Crippen LogP contribution in [0, 0.1) is 13.0 Å². The average molecular weight is 82.1 g/mol. The fraction of sp³-hybridized carbons (Fsp3) is 0.250. The molecule has 0 N–H and O–H groups in total. The first kappa shape index (κ1) is 3.40. The molecule has 1 radical (unpaired) electrons. The zero-order chi connectivity index (χ0) is 4.41. The molecule has 0 aromatic carbocycles. The minimum Gasteiger partial charge on any atom is -0.364 e. The number of aromatic nitrogens is 1. The summed E-state index contributed by atoms with van der Waals surface area (Å²) < 4.78 is 4.41. The van der Waals surface area contributed by atoms with Crippen molar-refractivity contribution in [1.82, 2.24) is 5.16 Å². The molecule has 0 unspecified atom stereocenters. The second kappa shape index (κ2) is 1.12. The molecule has 1 rings (SSSR count). The minimum atomic E-state index is 0.801. The molecule has 1 aromatic rings. The summed E-state index contributed by atoms with van der Waals surface area (Å²) in [6, 6.07) is 2.72. The molecular formula is C4H4NO. The Morgan fingerprint density at radius 1 is 2.00 bits per heavy atom. The van der Waals surface area contributed by atoms with Crippen molar-refractivity contribution >= 4 is 0 Å². The topological polar surface area (TPSA) is 26.0 Å². The second-order valence-electron chi connectivity index (χ2n) is 1.04. The Labute approximate surface area is 35.8 Å². The van der Waals surface area contributed by atoms with Gasteiger partial charge in [-0.15, -0.1) is 0 Å². The van der Waals surface area contributed by atoms with E-state index in [1.165, 1.54) is 6.26 Å². The summed E-state index contributed by atoms with van der Waals surface area (Å²) in [5.41, 5.74) is 0.801. The van der Waals surface area contributed by atoms with Gasteiger partial charge in [0.05, 0.1) is 5.69 Å². The summed E-state index contributed by atoms with van der Waals surface area (Å²) in [6.45, 7) is 1.82. The number of nitrogens with zero attached hydrogens (tertiary/aromatic N) is 1. The fourth-order valence-electron chi connectivity index (χ4n) is 0.243. The largest absolute Gasteiger partial charge is 0.364 e. The van der Waals surface area contributed by atoms with Gasteiger partial charge in [-0.1, -0.05) is 5.16 Å². The van der Waals surface area contributed by atoms with Crippen molar-refractivity contribution < 1.29 is 4.52 Å². The molecule has 0 spiro atoms. The first-order valence-corrected chi connectivity index (χ1v) is 1.68. The van der Waals surface area contributed by atoms with Crippen LogP contribution in [-0.2, 0) is 0 Å². The molecule has 0 saturated heterocycles. The van der Waals surface area contributed by atoms with Gasteiger partial charge in [0.25, 0.3) is 0 Å². The van der Waals surface area contributed by atoms with E-state index < -0.39 is 0 Å². The maximum atomic E-state index is 4.41. The zero-order valence-corrected chi connectivity index (χ0v) is 3.43. The van der Waals surface area contributed by atoms with E-state index >= 15 is 0 Å². The van der Waals surface area contributed by atoms with Crippen LogP contribution in [0.3, 0.4) is 0 Å². The van der Waals surface area contributed by atoms with Crippen molar-refractivity contribution in [2.75, 3.05) is 0 Å². The minimum absolute atomic E-state index is 0.801. The SMILES string of the molecule is Cc1[c]con1. The molecule has 2 heteroatoms. The molecule has 0 amide bonds. The lowest BCUT2D eigenvalue weighted by atomic mass is 10.5. The summed E-state index contributed by atoms with van der Waals surface area (Å²) in [5.74, 6) is 0. The highest BCUT2D eigenvalue weighted by atomic mass is 16.5. The van der Waals surface area contributed by atoms with Gasteiger partial charge in [0.15, 0.2) is 0 Å². The Kier molecular flexibility index (Phi) is 0.638. The van der Waals surface area contributed by atoms with Crippen LogP contribution in [0.5, 0.6) is 0 Å². The molecule has 2 nitrogen and oxygen atoms in total. The van der Waals surface area contributed by atoms with Crippen molar-refractivity contribution in [3.8, 4) is 0 Å². The first-order chi connectivity index (χ1) is 2.89. The summed E-state index contributed by atoms with van der Waals surface area (Å²) >= 11 is 0. The maximum absolute atomic E-state index is 4.41. The van der Waals surface area contributed by atoms with Gasteiger partial charge in [0.2, 0.25) is 0 Å². The van der Waals surface area contributed by atoms with Gasteiger partial charge in [-0.3, -0.25) is 0 Å². The van der Waals surface area contributed by atoms with Gasteiger partial charge < -0.3 is 4.52 Å². The average Bonchev–Trinajstić information content (AvgIpc) is 1.86. The van der Waals surface area contributed by atoms with E-state index in [1.54, 1.807) is 0 Å². The molecule has 0 aliphatic carbocycles. The van der Waals surface area contributed by atoms with Gasteiger partial charge in [0, 0.05) is 6.07 Å². The smallest absolute Gasteiger partial charge is 0.132 e.